The molecule has 1 rings (SSSR count). The van der Waals surface area contributed by atoms with Crippen molar-refractivity contribution in [2.45, 2.75) is 12.8 Å². The van der Waals surface area contributed by atoms with Crippen LogP contribution in [0.3, 0.4) is 0 Å². The second-order valence-electron chi connectivity index (χ2n) is 3.18. The van der Waals surface area contributed by atoms with Gasteiger partial charge in [0.25, 0.3) is 0 Å². The molecule has 0 saturated carbocycles. The Morgan fingerprint density at radius 3 is 2.62 bits per heavy atom. The van der Waals surface area contributed by atoms with Crippen molar-refractivity contribution in [1.29, 1.82) is 5.26 Å². The summed E-state index contributed by atoms with van der Waals surface area (Å²) >= 11 is 0. The van der Waals surface area contributed by atoms with Crippen LogP contribution in [0.4, 0.5) is 5.69 Å². The van der Waals surface area contributed by atoms with Crippen molar-refractivity contribution < 1.29 is 0 Å². The van der Waals surface area contributed by atoms with Crippen molar-refractivity contribution >= 4 is 5.69 Å². The first-order valence-electron chi connectivity index (χ1n) is 4.38. The lowest BCUT2D eigenvalue weighted by molar-refractivity contribution is 0.988. The third-order valence-corrected chi connectivity index (χ3v) is 1.98. The number of para-hydroxylation sites is 1. The van der Waals surface area contributed by atoms with Crippen LogP contribution in [0.1, 0.15) is 12.0 Å². The Bertz CT molecular complexity index is 310. The molecule has 0 fully saturated rings. The maximum Gasteiger partial charge on any atom is 0.0625 e. The molecule has 0 radical (unpaired) electrons. The quantitative estimate of drug-likeness (QED) is 0.702. The highest BCUT2D eigenvalue weighted by atomic mass is 15.1. The Kier molecular flexibility index (Phi) is 3.33. The molecule has 0 heterocycles. The molecular formula is C11H14N2. The van der Waals surface area contributed by atoms with Crippen LogP contribution >= 0.6 is 0 Å². The molecule has 0 aliphatic heterocycles. The monoisotopic (exact) mass is 174 g/mol. The van der Waals surface area contributed by atoms with Crippen molar-refractivity contribution in [3.8, 4) is 6.07 Å². The smallest absolute Gasteiger partial charge is 0.0625 e. The van der Waals surface area contributed by atoms with Crippen LogP contribution < -0.4 is 4.90 Å². The lowest BCUT2D eigenvalue weighted by atomic mass is 10.1. The molecule has 68 valence electrons. The van der Waals surface area contributed by atoms with E-state index in [-0.39, 0.29) is 0 Å². The molecule has 0 spiro atoms. The first kappa shape index (κ1) is 9.60. The summed E-state index contributed by atoms with van der Waals surface area (Å²) < 4.78 is 0. The van der Waals surface area contributed by atoms with Crippen LogP contribution in [-0.2, 0) is 6.42 Å². The highest BCUT2D eigenvalue weighted by Gasteiger charge is 2.01. The van der Waals surface area contributed by atoms with E-state index in [0.29, 0.717) is 6.42 Å². The van der Waals surface area contributed by atoms with Gasteiger partial charge in [-0.15, -0.1) is 0 Å². The van der Waals surface area contributed by atoms with Crippen molar-refractivity contribution in [2.75, 3.05) is 19.0 Å². The van der Waals surface area contributed by atoms with Gasteiger partial charge in [-0.1, -0.05) is 18.2 Å². The summed E-state index contributed by atoms with van der Waals surface area (Å²) in [5.74, 6) is 0. The van der Waals surface area contributed by atoms with Gasteiger partial charge in [-0.3, -0.25) is 0 Å². The summed E-state index contributed by atoms with van der Waals surface area (Å²) in [4.78, 5) is 2.08. The van der Waals surface area contributed by atoms with Gasteiger partial charge in [-0.05, 0) is 18.1 Å². The number of hydrogen-bond donors (Lipinski definition) is 0. The number of nitrogens with zero attached hydrogens (tertiary/aromatic N) is 2. The molecule has 0 aromatic heterocycles. The molecule has 0 saturated heterocycles. The van der Waals surface area contributed by atoms with E-state index in [1.165, 1.54) is 11.3 Å². The second-order valence-corrected chi connectivity index (χ2v) is 3.18. The molecule has 2 heteroatoms. The molecule has 1 aromatic rings. The maximum absolute atomic E-state index is 8.49. The van der Waals surface area contributed by atoms with E-state index in [4.69, 9.17) is 5.26 Å². The lowest BCUT2D eigenvalue weighted by Gasteiger charge is -2.16. The zero-order valence-electron chi connectivity index (χ0n) is 8.12. The van der Waals surface area contributed by atoms with Gasteiger partial charge in [0.15, 0.2) is 0 Å². The van der Waals surface area contributed by atoms with Crippen LogP contribution in [0.2, 0.25) is 0 Å². The SMILES string of the molecule is CN(C)c1ccccc1CCC#N. The summed E-state index contributed by atoms with van der Waals surface area (Å²) in [6.07, 6.45) is 1.43. The molecule has 0 atom stereocenters. The zero-order chi connectivity index (χ0) is 9.68. The maximum atomic E-state index is 8.49. The second kappa shape index (κ2) is 4.51. The Morgan fingerprint density at radius 2 is 2.00 bits per heavy atom. The van der Waals surface area contributed by atoms with Gasteiger partial charge in [0, 0.05) is 26.2 Å². The predicted molar refractivity (Wildman–Crippen MR) is 54.7 cm³/mol. The van der Waals surface area contributed by atoms with E-state index in [9.17, 15) is 0 Å². The number of aryl methyl sites for hydroxylation is 1. The average Bonchev–Trinajstić information content (AvgIpc) is 2.15. The Hall–Kier alpha value is -1.49. The topological polar surface area (TPSA) is 27.0 Å². The molecule has 2 nitrogen and oxygen atoms in total. The highest BCUT2D eigenvalue weighted by Crippen LogP contribution is 2.18. The van der Waals surface area contributed by atoms with Crippen molar-refractivity contribution in [2.24, 2.45) is 0 Å². The summed E-state index contributed by atoms with van der Waals surface area (Å²) in [5, 5.41) is 8.49. The normalized spacial score (nSPS) is 9.31. The molecule has 0 aliphatic rings. The molecule has 0 N–H and O–H groups in total. The molecule has 0 amide bonds. The number of rotatable bonds is 3. The molecule has 1 aromatic carbocycles. The van der Waals surface area contributed by atoms with Crippen molar-refractivity contribution in [1.82, 2.24) is 0 Å². The van der Waals surface area contributed by atoms with Gasteiger partial charge >= 0.3 is 0 Å². The fourth-order valence-corrected chi connectivity index (χ4v) is 1.35. The Morgan fingerprint density at radius 1 is 1.31 bits per heavy atom. The van der Waals surface area contributed by atoms with E-state index < -0.39 is 0 Å². The van der Waals surface area contributed by atoms with E-state index in [1.807, 2.05) is 26.2 Å². The Balaban J connectivity index is 2.86. The van der Waals surface area contributed by atoms with Gasteiger partial charge in [0.1, 0.15) is 0 Å². The first-order valence-corrected chi connectivity index (χ1v) is 4.38. The van der Waals surface area contributed by atoms with E-state index in [0.717, 1.165) is 6.42 Å². The highest BCUT2D eigenvalue weighted by molar-refractivity contribution is 5.52. The fraction of sp³-hybridized carbons (Fsp3) is 0.364. The van der Waals surface area contributed by atoms with Gasteiger partial charge < -0.3 is 4.90 Å². The van der Waals surface area contributed by atoms with E-state index >= 15 is 0 Å². The largest absolute Gasteiger partial charge is 0.377 e. The van der Waals surface area contributed by atoms with Gasteiger partial charge in [0.2, 0.25) is 0 Å². The number of anilines is 1. The van der Waals surface area contributed by atoms with Crippen LogP contribution in [0, 0.1) is 11.3 Å². The van der Waals surface area contributed by atoms with Crippen LogP contribution in [0.5, 0.6) is 0 Å². The summed E-state index contributed by atoms with van der Waals surface area (Å²) in [7, 11) is 4.04. The molecule has 0 unspecified atom stereocenters. The third-order valence-electron chi connectivity index (χ3n) is 1.98. The van der Waals surface area contributed by atoms with Gasteiger partial charge in [-0.2, -0.15) is 5.26 Å². The predicted octanol–water partition coefficient (Wildman–Crippen LogP) is 2.21. The number of nitriles is 1. The van der Waals surface area contributed by atoms with Crippen molar-refractivity contribution in [3.05, 3.63) is 29.8 Å². The van der Waals surface area contributed by atoms with Crippen LogP contribution in [0.15, 0.2) is 24.3 Å². The molecule has 13 heavy (non-hydrogen) atoms. The Labute approximate surface area is 79.4 Å². The molecular weight excluding hydrogens is 160 g/mol. The standard InChI is InChI=1S/C11H14N2/c1-13(2)11-8-4-3-6-10(11)7-5-9-12/h3-4,6,8H,5,7H2,1-2H3. The average molecular weight is 174 g/mol. The van der Waals surface area contributed by atoms with E-state index in [1.54, 1.807) is 0 Å². The minimum atomic E-state index is 0.588. The molecule has 0 bridgehead atoms. The number of hydrogen-bond acceptors (Lipinski definition) is 2. The minimum Gasteiger partial charge on any atom is -0.377 e. The fourth-order valence-electron chi connectivity index (χ4n) is 1.35. The molecule has 0 aliphatic carbocycles. The third kappa shape index (κ3) is 2.48. The lowest BCUT2D eigenvalue weighted by Crippen LogP contribution is -2.10. The minimum absolute atomic E-state index is 0.588. The van der Waals surface area contributed by atoms with Crippen LogP contribution in [-0.4, -0.2) is 14.1 Å². The van der Waals surface area contributed by atoms with Gasteiger partial charge in [0.05, 0.1) is 6.07 Å². The summed E-state index contributed by atoms with van der Waals surface area (Å²) in [6.45, 7) is 0. The van der Waals surface area contributed by atoms with Gasteiger partial charge in [-0.25, -0.2) is 0 Å². The first-order chi connectivity index (χ1) is 6.25. The van der Waals surface area contributed by atoms with Crippen LogP contribution in [0.25, 0.3) is 0 Å². The zero-order valence-corrected chi connectivity index (χ0v) is 8.12. The van der Waals surface area contributed by atoms with E-state index in [2.05, 4.69) is 23.1 Å². The summed E-state index contributed by atoms with van der Waals surface area (Å²) in [5.41, 5.74) is 2.45. The summed E-state index contributed by atoms with van der Waals surface area (Å²) in [6, 6.07) is 10.3. The number of benzene rings is 1. The van der Waals surface area contributed by atoms with Crippen molar-refractivity contribution in [3.63, 3.8) is 0 Å².